The summed E-state index contributed by atoms with van der Waals surface area (Å²) < 4.78 is 18.6. The van der Waals surface area contributed by atoms with Gasteiger partial charge in [0.05, 0.1) is 5.56 Å². The van der Waals surface area contributed by atoms with Gasteiger partial charge in [-0.25, -0.2) is 4.39 Å². The van der Waals surface area contributed by atoms with Crippen LogP contribution in [0.4, 0.5) is 4.39 Å². The Hall–Kier alpha value is -2.29. The van der Waals surface area contributed by atoms with Crippen molar-refractivity contribution in [1.82, 2.24) is 0 Å². The van der Waals surface area contributed by atoms with Crippen molar-refractivity contribution in [3.8, 4) is 17.1 Å². The first kappa shape index (κ1) is 10.8. The van der Waals surface area contributed by atoms with E-state index in [2.05, 4.69) is 0 Å². The Morgan fingerprint density at radius 3 is 2.67 bits per heavy atom. The van der Waals surface area contributed by atoms with Crippen LogP contribution in [0.5, 0.6) is 5.75 Å². The van der Waals surface area contributed by atoms with Gasteiger partial charge < -0.3 is 9.52 Å². The molecule has 0 unspecified atom stereocenters. The number of hydrogen-bond donors (Lipinski definition) is 1. The number of fused-ring (bicyclic) bond motifs is 1. The van der Waals surface area contributed by atoms with Gasteiger partial charge in [0.1, 0.15) is 22.9 Å². The quantitative estimate of drug-likeness (QED) is 0.691. The van der Waals surface area contributed by atoms with Gasteiger partial charge in [-0.1, -0.05) is 11.6 Å². The molecule has 3 rings (SSSR count). The fourth-order valence-electron chi connectivity index (χ4n) is 2.01. The summed E-state index contributed by atoms with van der Waals surface area (Å²) in [5.74, 6) is -0.0536. The van der Waals surface area contributed by atoms with E-state index in [1.54, 1.807) is 0 Å². The van der Waals surface area contributed by atoms with E-state index < -0.39 is 5.82 Å². The molecule has 0 bridgehead atoms. The van der Waals surface area contributed by atoms with Crippen LogP contribution in [0.15, 0.2) is 46.9 Å². The molecule has 0 fully saturated rings. The van der Waals surface area contributed by atoms with Crippen molar-refractivity contribution in [2.24, 2.45) is 0 Å². The molecule has 1 heterocycles. The van der Waals surface area contributed by atoms with Gasteiger partial charge in [-0.3, -0.25) is 0 Å². The van der Waals surface area contributed by atoms with E-state index >= 15 is 0 Å². The smallest absolute Gasteiger partial charge is 0.139 e. The number of hydrogen-bond acceptors (Lipinski definition) is 2. The van der Waals surface area contributed by atoms with Crippen molar-refractivity contribution >= 4 is 11.0 Å². The third kappa shape index (κ3) is 1.74. The van der Waals surface area contributed by atoms with E-state index in [0.29, 0.717) is 11.3 Å². The van der Waals surface area contributed by atoms with Crippen LogP contribution in [0.3, 0.4) is 0 Å². The van der Waals surface area contributed by atoms with Gasteiger partial charge in [0.2, 0.25) is 0 Å². The molecule has 0 spiro atoms. The normalized spacial score (nSPS) is 11.0. The Bertz CT molecular complexity index is 728. The SMILES string of the molecule is Cc1ccc2oc(-c3ccc(F)cc3O)cc2c1. The molecule has 0 atom stereocenters. The topological polar surface area (TPSA) is 33.4 Å². The van der Waals surface area contributed by atoms with Gasteiger partial charge >= 0.3 is 0 Å². The zero-order chi connectivity index (χ0) is 12.7. The lowest BCUT2D eigenvalue weighted by molar-refractivity contribution is 0.468. The first-order chi connectivity index (χ1) is 8.63. The van der Waals surface area contributed by atoms with Crippen molar-refractivity contribution in [2.45, 2.75) is 6.92 Å². The Kier molecular flexibility index (Phi) is 2.33. The summed E-state index contributed by atoms with van der Waals surface area (Å²) >= 11 is 0. The molecule has 1 N–H and O–H groups in total. The summed E-state index contributed by atoms with van der Waals surface area (Å²) in [4.78, 5) is 0. The fourth-order valence-corrected chi connectivity index (χ4v) is 2.01. The number of furan rings is 1. The maximum atomic E-state index is 12.9. The van der Waals surface area contributed by atoms with Crippen LogP contribution in [0.2, 0.25) is 0 Å². The number of phenols is 1. The monoisotopic (exact) mass is 242 g/mol. The van der Waals surface area contributed by atoms with Crippen LogP contribution < -0.4 is 0 Å². The van der Waals surface area contributed by atoms with E-state index in [1.807, 2.05) is 31.2 Å². The summed E-state index contributed by atoms with van der Waals surface area (Å²) in [6.45, 7) is 2.00. The largest absolute Gasteiger partial charge is 0.507 e. The highest BCUT2D eigenvalue weighted by Crippen LogP contribution is 2.34. The number of halogens is 1. The van der Waals surface area contributed by atoms with Crippen molar-refractivity contribution in [3.05, 3.63) is 53.8 Å². The molecule has 0 amide bonds. The molecule has 18 heavy (non-hydrogen) atoms. The first-order valence-electron chi connectivity index (χ1n) is 5.62. The van der Waals surface area contributed by atoms with Crippen LogP contribution in [0.1, 0.15) is 5.56 Å². The zero-order valence-electron chi connectivity index (χ0n) is 9.77. The van der Waals surface area contributed by atoms with Crippen LogP contribution in [-0.2, 0) is 0 Å². The predicted octanol–water partition coefficient (Wildman–Crippen LogP) is 4.25. The third-order valence-electron chi connectivity index (χ3n) is 2.90. The molecule has 0 saturated carbocycles. The molecule has 0 aliphatic rings. The van der Waals surface area contributed by atoms with Crippen molar-refractivity contribution in [3.63, 3.8) is 0 Å². The summed E-state index contributed by atoms with van der Waals surface area (Å²) in [5.41, 5.74) is 2.38. The third-order valence-corrected chi connectivity index (χ3v) is 2.90. The number of phenolic OH excluding ortho intramolecular Hbond substituents is 1. The van der Waals surface area contributed by atoms with Crippen LogP contribution in [0, 0.1) is 12.7 Å². The summed E-state index contributed by atoms with van der Waals surface area (Å²) in [5, 5.41) is 10.7. The zero-order valence-corrected chi connectivity index (χ0v) is 9.77. The Morgan fingerprint density at radius 2 is 1.89 bits per heavy atom. The second-order valence-electron chi connectivity index (χ2n) is 4.31. The van der Waals surface area contributed by atoms with Crippen molar-refractivity contribution in [1.29, 1.82) is 0 Å². The van der Waals surface area contributed by atoms with Crippen LogP contribution in [-0.4, -0.2) is 5.11 Å². The average Bonchev–Trinajstić information content (AvgIpc) is 2.71. The molecule has 0 aliphatic carbocycles. The molecule has 2 nitrogen and oxygen atoms in total. The number of rotatable bonds is 1. The second-order valence-corrected chi connectivity index (χ2v) is 4.31. The standard InChI is InChI=1S/C15H11FO2/c1-9-2-5-14-10(6-9)7-15(18-14)12-4-3-11(16)8-13(12)17/h2-8,17H,1H3. The minimum absolute atomic E-state index is 0.120. The van der Waals surface area contributed by atoms with Crippen molar-refractivity contribution < 1.29 is 13.9 Å². The fraction of sp³-hybridized carbons (Fsp3) is 0.0667. The van der Waals surface area contributed by atoms with Gasteiger partial charge in [-0.05, 0) is 37.3 Å². The Labute approximate surface area is 103 Å². The Morgan fingerprint density at radius 1 is 1.06 bits per heavy atom. The highest BCUT2D eigenvalue weighted by molar-refractivity contribution is 5.84. The van der Waals surface area contributed by atoms with E-state index in [4.69, 9.17) is 4.42 Å². The molecule has 90 valence electrons. The van der Waals surface area contributed by atoms with Crippen molar-refractivity contribution in [2.75, 3.05) is 0 Å². The summed E-state index contributed by atoms with van der Waals surface area (Å²) in [7, 11) is 0. The lowest BCUT2D eigenvalue weighted by atomic mass is 10.1. The minimum atomic E-state index is -0.469. The average molecular weight is 242 g/mol. The maximum absolute atomic E-state index is 12.9. The molecule has 0 radical (unpaired) electrons. The number of aryl methyl sites for hydroxylation is 1. The van der Waals surface area contributed by atoms with E-state index in [0.717, 1.165) is 22.6 Å². The first-order valence-corrected chi connectivity index (χ1v) is 5.62. The number of benzene rings is 2. The van der Waals surface area contributed by atoms with Gasteiger partial charge in [0, 0.05) is 11.5 Å². The van der Waals surface area contributed by atoms with Crippen LogP contribution >= 0.6 is 0 Å². The minimum Gasteiger partial charge on any atom is -0.507 e. The van der Waals surface area contributed by atoms with Gasteiger partial charge in [-0.2, -0.15) is 0 Å². The maximum Gasteiger partial charge on any atom is 0.139 e. The summed E-state index contributed by atoms with van der Waals surface area (Å²) in [6.07, 6.45) is 0. The molecule has 0 saturated heterocycles. The highest BCUT2D eigenvalue weighted by atomic mass is 19.1. The van der Waals surface area contributed by atoms with Gasteiger partial charge in [-0.15, -0.1) is 0 Å². The molecule has 2 aromatic carbocycles. The molecule has 3 aromatic rings. The van der Waals surface area contributed by atoms with E-state index in [1.165, 1.54) is 12.1 Å². The number of aromatic hydroxyl groups is 1. The lowest BCUT2D eigenvalue weighted by Crippen LogP contribution is -1.78. The molecular formula is C15H11FO2. The lowest BCUT2D eigenvalue weighted by Gasteiger charge is -2.00. The van der Waals surface area contributed by atoms with Gasteiger partial charge in [0.15, 0.2) is 0 Å². The Balaban J connectivity index is 2.19. The highest BCUT2D eigenvalue weighted by Gasteiger charge is 2.11. The molecule has 1 aromatic heterocycles. The van der Waals surface area contributed by atoms with Crippen LogP contribution in [0.25, 0.3) is 22.3 Å². The summed E-state index contributed by atoms with van der Waals surface area (Å²) in [6, 6.07) is 11.6. The van der Waals surface area contributed by atoms with Gasteiger partial charge in [0.25, 0.3) is 0 Å². The molecule has 3 heteroatoms. The second kappa shape index (κ2) is 3.88. The van der Waals surface area contributed by atoms with E-state index in [-0.39, 0.29) is 5.75 Å². The predicted molar refractivity (Wildman–Crippen MR) is 68.0 cm³/mol. The molecular weight excluding hydrogens is 231 g/mol. The molecule has 0 aliphatic heterocycles. The van der Waals surface area contributed by atoms with E-state index in [9.17, 15) is 9.50 Å².